The van der Waals surface area contributed by atoms with E-state index >= 15 is 0 Å². The standard InChI is InChI=1S/C20H28N2O4/c1-4-5-12-26-17-9-6-8-16(13-17)19(23)21-14-15(2)22-11-7-10-18(22)20(24)25-3/h6,8-9,13,18H,2,4-5,7,10-12,14H2,1,3H3,(H,21,23). The molecule has 0 radical (unpaired) electrons. The number of carbonyl (C=O) groups is 2. The molecule has 1 N–H and O–H groups in total. The first kappa shape index (κ1) is 19.8. The van der Waals surface area contributed by atoms with E-state index in [9.17, 15) is 9.59 Å². The van der Waals surface area contributed by atoms with Crippen molar-refractivity contribution in [3.05, 3.63) is 42.1 Å². The number of hydrogen-bond donors (Lipinski definition) is 1. The summed E-state index contributed by atoms with van der Waals surface area (Å²) >= 11 is 0. The van der Waals surface area contributed by atoms with E-state index in [1.165, 1.54) is 7.11 Å². The lowest BCUT2D eigenvalue weighted by atomic mass is 10.2. The summed E-state index contributed by atoms with van der Waals surface area (Å²) in [6.45, 7) is 7.79. The van der Waals surface area contributed by atoms with Crippen LogP contribution in [0.15, 0.2) is 36.5 Å². The van der Waals surface area contributed by atoms with Crippen LogP contribution >= 0.6 is 0 Å². The first-order valence-corrected chi connectivity index (χ1v) is 9.10. The Bertz CT molecular complexity index is 644. The van der Waals surface area contributed by atoms with Crippen LogP contribution in [0.4, 0.5) is 0 Å². The van der Waals surface area contributed by atoms with Gasteiger partial charge in [0.05, 0.1) is 20.3 Å². The fourth-order valence-electron chi connectivity index (χ4n) is 2.97. The summed E-state index contributed by atoms with van der Waals surface area (Å²) in [7, 11) is 1.39. The number of rotatable bonds is 9. The molecule has 0 saturated carbocycles. The summed E-state index contributed by atoms with van der Waals surface area (Å²) in [6, 6.07) is 6.83. The summed E-state index contributed by atoms with van der Waals surface area (Å²) in [5.74, 6) is 0.239. The number of likely N-dealkylation sites (tertiary alicyclic amines) is 1. The van der Waals surface area contributed by atoms with Gasteiger partial charge in [0.1, 0.15) is 11.8 Å². The maximum atomic E-state index is 12.4. The van der Waals surface area contributed by atoms with Crippen molar-refractivity contribution in [3.8, 4) is 5.75 Å². The lowest BCUT2D eigenvalue weighted by Gasteiger charge is -2.26. The van der Waals surface area contributed by atoms with Gasteiger partial charge in [-0.05, 0) is 37.5 Å². The summed E-state index contributed by atoms with van der Waals surface area (Å²) in [6.07, 6.45) is 3.69. The summed E-state index contributed by atoms with van der Waals surface area (Å²) in [4.78, 5) is 26.1. The molecule has 1 amide bonds. The van der Waals surface area contributed by atoms with Crippen LogP contribution < -0.4 is 10.1 Å². The highest BCUT2D eigenvalue weighted by molar-refractivity contribution is 5.94. The first-order valence-electron chi connectivity index (χ1n) is 9.10. The maximum Gasteiger partial charge on any atom is 0.328 e. The van der Waals surface area contributed by atoms with Gasteiger partial charge in [-0.1, -0.05) is 26.0 Å². The van der Waals surface area contributed by atoms with Crippen molar-refractivity contribution in [1.82, 2.24) is 10.2 Å². The van der Waals surface area contributed by atoms with E-state index in [1.54, 1.807) is 18.2 Å². The van der Waals surface area contributed by atoms with Crippen LogP contribution in [-0.4, -0.2) is 49.6 Å². The molecule has 1 heterocycles. The Hall–Kier alpha value is -2.50. The molecule has 1 fully saturated rings. The van der Waals surface area contributed by atoms with Gasteiger partial charge in [-0.2, -0.15) is 0 Å². The van der Waals surface area contributed by atoms with Crippen molar-refractivity contribution in [2.75, 3.05) is 26.8 Å². The zero-order chi connectivity index (χ0) is 18.9. The van der Waals surface area contributed by atoms with Gasteiger partial charge in [-0.25, -0.2) is 4.79 Å². The smallest absolute Gasteiger partial charge is 0.328 e. The molecule has 6 nitrogen and oxygen atoms in total. The minimum absolute atomic E-state index is 0.194. The Labute approximate surface area is 155 Å². The van der Waals surface area contributed by atoms with E-state index in [2.05, 4.69) is 18.8 Å². The van der Waals surface area contributed by atoms with Gasteiger partial charge in [0.2, 0.25) is 0 Å². The molecule has 1 aromatic carbocycles. The average Bonchev–Trinajstić information content (AvgIpc) is 3.15. The van der Waals surface area contributed by atoms with Crippen LogP contribution in [0, 0.1) is 0 Å². The molecule has 142 valence electrons. The van der Waals surface area contributed by atoms with Crippen molar-refractivity contribution in [2.24, 2.45) is 0 Å². The summed E-state index contributed by atoms with van der Waals surface area (Å²) < 4.78 is 10.5. The predicted molar refractivity (Wildman–Crippen MR) is 100 cm³/mol. The third-order valence-electron chi connectivity index (χ3n) is 4.45. The molecule has 0 spiro atoms. The number of amides is 1. The van der Waals surface area contributed by atoms with Crippen molar-refractivity contribution in [1.29, 1.82) is 0 Å². The highest BCUT2D eigenvalue weighted by Gasteiger charge is 2.32. The highest BCUT2D eigenvalue weighted by Crippen LogP contribution is 2.22. The predicted octanol–water partition coefficient (Wildman–Crippen LogP) is 2.75. The number of unbranched alkanes of at least 4 members (excludes halogenated alkanes) is 1. The number of nitrogens with one attached hydrogen (secondary N) is 1. The van der Waals surface area contributed by atoms with Gasteiger partial charge in [0.15, 0.2) is 0 Å². The number of nitrogens with zero attached hydrogens (tertiary/aromatic N) is 1. The van der Waals surface area contributed by atoms with E-state index in [-0.39, 0.29) is 24.5 Å². The number of methoxy groups -OCH3 is 1. The van der Waals surface area contributed by atoms with Gasteiger partial charge in [0, 0.05) is 17.8 Å². The van der Waals surface area contributed by atoms with Crippen LogP contribution in [0.3, 0.4) is 0 Å². The normalized spacial score (nSPS) is 16.2. The fourth-order valence-corrected chi connectivity index (χ4v) is 2.97. The molecule has 6 heteroatoms. The number of hydrogen-bond acceptors (Lipinski definition) is 5. The Morgan fingerprint density at radius 2 is 2.19 bits per heavy atom. The largest absolute Gasteiger partial charge is 0.494 e. The van der Waals surface area contributed by atoms with Crippen LogP contribution in [0.5, 0.6) is 5.75 Å². The minimum atomic E-state index is -0.306. The van der Waals surface area contributed by atoms with E-state index in [4.69, 9.17) is 9.47 Å². The van der Waals surface area contributed by atoms with E-state index in [0.29, 0.717) is 23.6 Å². The molecule has 0 aromatic heterocycles. The number of benzene rings is 1. The molecule has 26 heavy (non-hydrogen) atoms. The lowest BCUT2D eigenvalue weighted by Crippen LogP contribution is -2.39. The Balaban J connectivity index is 1.88. The molecule has 2 rings (SSSR count). The molecule has 1 atom stereocenters. The Morgan fingerprint density at radius 3 is 2.92 bits per heavy atom. The fraction of sp³-hybridized carbons (Fsp3) is 0.500. The van der Waals surface area contributed by atoms with Crippen LogP contribution in [0.25, 0.3) is 0 Å². The molecular formula is C20H28N2O4. The van der Waals surface area contributed by atoms with Crippen LogP contribution in [-0.2, 0) is 9.53 Å². The van der Waals surface area contributed by atoms with Crippen molar-refractivity contribution < 1.29 is 19.1 Å². The van der Waals surface area contributed by atoms with E-state index in [0.717, 1.165) is 32.2 Å². The second-order valence-corrected chi connectivity index (χ2v) is 6.35. The van der Waals surface area contributed by atoms with Gasteiger partial charge in [0.25, 0.3) is 5.91 Å². The zero-order valence-electron chi connectivity index (χ0n) is 15.6. The molecule has 0 aliphatic carbocycles. The highest BCUT2D eigenvalue weighted by atomic mass is 16.5. The first-order chi connectivity index (χ1) is 12.6. The SMILES string of the molecule is C=C(CNC(=O)c1cccc(OCCCC)c1)N1CCCC1C(=O)OC. The monoisotopic (exact) mass is 360 g/mol. The minimum Gasteiger partial charge on any atom is -0.494 e. The maximum absolute atomic E-state index is 12.4. The summed E-state index contributed by atoms with van der Waals surface area (Å²) in [5.41, 5.74) is 1.25. The molecule has 0 bridgehead atoms. The third-order valence-corrected chi connectivity index (χ3v) is 4.45. The molecule has 1 aliphatic heterocycles. The number of esters is 1. The van der Waals surface area contributed by atoms with Crippen molar-refractivity contribution >= 4 is 11.9 Å². The number of ether oxygens (including phenoxy) is 2. The average molecular weight is 360 g/mol. The summed E-state index contributed by atoms with van der Waals surface area (Å²) in [5, 5.41) is 2.86. The van der Waals surface area contributed by atoms with Gasteiger partial charge in [-0.15, -0.1) is 0 Å². The molecular weight excluding hydrogens is 332 g/mol. The van der Waals surface area contributed by atoms with Gasteiger partial charge >= 0.3 is 5.97 Å². The lowest BCUT2D eigenvalue weighted by molar-refractivity contribution is -0.145. The van der Waals surface area contributed by atoms with E-state index in [1.807, 2.05) is 11.0 Å². The second kappa shape index (κ2) is 9.85. The number of carbonyl (C=O) groups excluding carboxylic acids is 2. The quantitative estimate of drug-likeness (QED) is 0.542. The molecule has 1 unspecified atom stereocenters. The van der Waals surface area contributed by atoms with Crippen molar-refractivity contribution in [2.45, 2.75) is 38.6 Å². The van der Waals surface area contributed by atoms with Gasteiger partial charge in [-0.3, -0.25) is 4.79 Å². The zero-order valence-corrected chi connectivity index (χ0v) is 15.6. The Morgan fingerprint density at radius 1 is 1.38 bits per heavy atom. The topological polar surface area (TPSA) is 67.9 Å². The van der Waals surface area contributed by atoms with Crippen molar-refractivity contribution in [3.63, 3.8) is 0 Å². The molecule has 1 aromatic rings. The molecule has 1 saturated heterocycles. The third kappa shape index (κ3) is 5.25. The van der Waals surface area contributed by atoms with Crippen LogP contribution in [0.2, 0.25) is 0 Å². The molecule has 1 aliphatic rings. The van der Waals surface area contributed by atoms with E-state index < -0.39 is 0 Å². The second-order valence-electron chi connectivity index (χ2n) is 6.35. The van der Waals surface area contributed by atoms with Crippen LogP contribution in [0.1, 0.15) is 43.0 Å². The Kier molecular flexibility index (Phi) is 7.51. The van der Waals surface area contributed by atoms with Gasteiger partial charge < -0.3 is 19.7 Å².